The summed E-state index contributed by atoms with van der Waals surface area (Å²) in [4.78, 5) is 17.1. The molecule has 1 N–H and O–H groups in total. The molecule has 0 bridgehead atoms. The summed E-state index contributed by atoms with van der Waals surface area (Å²) in [7, 11) is 0. The van der Waals surface area contributed by atoms with Crippen LogP contribution < -0.4 is 5.32 Å². The molecule has 0 aliphatic carbocycles. The van der Waals surface area contributed by atoms with Crippen molar-refractivity contribution >= 4 is 17.7 Å². The summed E-state index contributed by atoms with van der Waals surface area (Å²) in [5, 5.41) is 3.05. The van der Waals surface area contributed by atoms with Gasteiger partial charge in [0, 0.05) is 30.3 Å². The van der Waals surface area contributed by atoms with Crippen molar-refractivity contribution in [2.75, 3.05) is 12.3 Å². The molecule has 0 aliphatic heterocycles. The fourth-order valence-electron chi connectivity index (χ4n) is 3.32. The Morgan fingerprint density at radius 1 is 0.821 bits per heavy atom. The van der Waals surface area contributed by atoms with Gasteiger partial charge in [-0.15, -0.1) is 11.8 Å². The lowest BCUT2D eigenvalue weighted by atomic mass is 10.0. The van der Waals surface area contributed by atoms with Gasteiger partial charge in [-0.1, -0.05) is 84.0 Å². The molecule has 0 saturated carbocycles. The minimum absolute atomic E-state index is 0.219. The van der Waals surface area contributed by atoms with Crippen molar-refractivity contribution < 1.29 is 4.79 Å². The zero-order valence-corrected chi connectivity index (χ0v) is 18.9. The van der Waals surface area contributed by atoms with Crippen molar-refractivity contribution in [1.29, 1.82) is 0 Å². The standard InChI is InChI=1S/C24H42N2OS/c1-2-3-4-5-6-7-8-9-10-11-12-13-14-16-24(27)26-19-15-22-28-23-17-20-25-21-18-23/h17-18,20-21H,2-16,19,22H2,1H3,(H,26,27). The number of amides is 1. The van der Waals surface area contributed by atoms with Crippen LogP contribution >= 0.6 is 11.8 Å². The molecule has 0 saturated heterocycles. The van der Waals surface area contributed by atoms with E-state index in [0.717, 1.165) is 25.1 Å². The first-order valence-electron chi connectivity index (χ1n) is 11.6. The Bertz CT molecular complexity index is 467. The Morgan fingerprint density at radius 2 is 1.36 bits per heavy atom. The van der Waals surface area contributed by atoms with Crippen LogP contribution in [0.4, 0.5) is 0 Å². The van der Waals surface area contributed by atoms with Gasteiger partial charge in [0.05, 0.1) is 0 Å². The number of nitrogens with zero attached hydrogens (tertiary/aromatic N) is 1. The maximum absolute atomic E-state index is 11.9. The molecule has 1 amide bonds. The van der Waals surface area contributed by atoms with Crippen LogP contribution in [0.2, 0.25) is 0 Å². The second kappa shape index (κ2) is 19.3. The van der Waals surface area contributed by atoms with Crippen molar-refractivity contribution in [3.8, 4) is 0 Å². The van der Waals surface area contributed by atoms with E-state index in [-0.39, 0.29) is 5.91 Å². The van der Waals surface area contributed by atoms with Crippen LogP contribution in [0.1, 0.15) is 103 Å². The second-order valence-electron chi connectivity index (χ2n) is 7.73. The predicted octanol–water partition coefficient (Wildman–Crippen LogP) is 7.16. The minimum atomic E-state index is 0.219. The van der Waals surface area contributed by atoms with Crippen LogP contribution in [-0.4, -0.2) is 23.2 Å². The molecule has 4 heteroatoms. The number of carbonyl (C=O) groups is 1. The number of carbonyl (C=O) groups excluding carboxylic acids is 1. The molecule has 1 aromatic rings. The van der Waals surface area contributed by atoms with E-state index in [1.54, 1.807) is 0 Å². The van der Waals surface area contributed by atoms with Gasteiger partial charge in [0.15, 0.2) is 0 Å². The molecular formula is C24H42N2OS. The van der Waals surface area contributed by atoms with E-state index in [9.17, 15) is 4.79 Å². The predicted molar refractivity (Wildman–Crippen MR) is 123 cm³/mol. The van der Waals surface area contributed by atoms with Crippen LogP contribution in [0, 0.1) is 0 Å². The molecule has 1 heterocycles. The van der Waals surface area contributed by atoms with Gasteiger partial charge < -0.3 is 5.32 Å². The summed E-state index contributed by atoms with van der Waals surface area (Å²) >= 11 is 1.82. The summed E-state index contributed by atoms with van der Waals surface area (Å²) in [6.07, 6.45) is 22.8. The molecule has 1 aromatic heterocycles. The topological polar surface area (TPSA) is 42.0 Å². The Labute approximate surface area is 177 Å². The molecule has 0 radical (unpaired) electrons. The molecule has 0 unspecified atom stereocenters. The Morgan fingerprint density at radius 3 is 1.93 bits per heavy atom. The number of hydrogen-bond donors (Lipinski definition) is 1. The minimum Gasteiger partial charge on any atom is -0.356 e. The average molecular weight is 407 g/mol. The van der Waals surface area contributed by atoms with Gasteiger partial charge in [-0.25, -0.2) is 0 Å². The molecule has 3 nitrogen and oxygen atoms in total. The Balaban J connectivity index is 1.77. The first-order chi connectivity index (χ1) is 13.8. The van der Waals surface area contributed by atoms with Gasteiger partial charge in [0.25, 0.3) is 0 Å². The van der Waals surface area contributed by atoms with Gasteiger partial charge in [-0.05, 0) is 30.7 Å². The molecule has 0 spiro atoms. The number of unbranched alkanes of at least 4 members (excludes halogenated alkanes) is 12. The summed E-state index contributed by atoms with van der Waals surface area (Å²) in [6, 6.07) is 4.05. The molecule has 1 rings (SSSR count). The molecule has 28 heavy (non-hydrogen) atoms. The highest BCUT2D eigenvalue weighted by atomic mass is 32.2. The molecule has 0 fully saturated rings. The first kappa shape index (κ1) is 25.0. The van der Waals surface area contributed by atoms with Crippen LogP contribution in [0.25, 0.3) is 0 Å². The molecule has 160 valence electrons. The van der Waals surface area contributed by atoms with Crippen LogP contribution in [0.3, 0.4) is 0 Å². The third-order valence-corrected chi connectivity index (χ3v) is 6.17. The lowest BCUT2D eigenvalue weighted by molar-refractivity contribution is -0.121. The zero-order valence-electron chi connectivity index (χ0n) is 18.1. The van der Waals surface area contributed by atoms with E-state index < -0.39 is 0 Å². The fourth-order valence-corrected chi connectivity index (χ4v) is 4.15. The maximum atomic E-state index is 11.9. The lowest BCUT2D eigenvalue weighted by Crippen LogP contribution is -2.24. The molecule has 0 aromatic carbocycles. The highest BCUT2D eigenvalue weighted by Gasteiger charge is 2.01. The van der Waals surface area contributed by atoms with E-state index in [4.69, 9.17) is 0 Å². The van der Waals surface area contributed by atoms with Crippen molar-refractivity contribution in [3.63, 3.8) is 0 Å². The molecule has 0 aliphatic rings. The van der Waals surface area contributed by atoms with Crippen LogP contribution in [0.5, 0.6) is 0 Å². The van der Waals surface area contributed by atoms with E-state index >= 15 is 0 Å². The van der Waals surface area contributed by atoms with E-state index in [1.807, 2.05) is 36.3 Å². The van der Waals surface area contributed by atoms with Crippen molar-refractivity contribution in [1.82, 2.24) is 10.3 Å². The van der Waals surface area contributed by atoms with Crippen molar-refractivity contribution in [3.05, 3.63) is 24.5 Å². The van der Waals surface area contributed by atoms with Gasteiger partial charge in [0.1, 0.15) is 0 Å². The summed E-state index contributed by atoms with van der Waals surface area (Å²) in [6.45, 7) is 3.06. The van der Waals surface area contributed by atoms with Crippen LogP contribution in [-0.2, 0) is 4.79 Å². The van der Waals surface area contributed by atoms with Crippen LogP contribution in [0.15, 0.2) is 29.4 Å². The van der Waals surface area contributed by atoms with E-state index in [0.29, 0.717) is 6.42 Å². The normalized spacial score (nSPS) is 10.9. The third kappa shape index (κ3) is 16.0. The molecule has 0 atom stereocenters. The van der Waals surface area contributed by atoms with Gasteiger partial charge in [-0.3, -0.25) is 9.78 Å². The summed E-state index contributed by atoms with van der Waals surface area (Å²) < 4.78 is 0. The number of hydrogen-bond acceptors (Lipinski definition) is 3. The Kier molecular flexibility index (Phi) is 17.2. The van der Waals surface area contributed by atoms with E-state index in [2.05, 4.69) is 17.2 Å². The Hall–Kier alpha value is -1.03. The zero-order chi connectivity index (χ0) is 20.1. The fraction of sp³-hybridized carbons (Fsp3) is 0.750. The second-order valence-corrected chi connectivity index (χ2v) is 8.90. The van der Waals surface area contributed by atoms with Gasteiger partial charge in [-0.2, -0.15) is 0 Å². The maximum Gasteiger partial charge on any atom is 0.219 e. The van der Waals surface area contributed by atoms with Crippen molar-refractivity contribution in [2.24, 2.45) is 0 Å². The SMILES string of the molecule is CCCCCCCCCCCCCCCC(=O)NCCCSc1ccncc1. The van der Waals surface area contributed by atoms with E-state index in [1.165, 1.54) is 81.9 Å². The van der Waals surface area contributed by atoms with Crippen molar-refractivity contribution in [2.45, 2.75) is 108 Å². The number of rotatable bonds is 19. The monoisotopic (exact) mass is 406 g/mol. The smallest absolute Gasteiger partial charge is 0.219 e. The third-order valence-electron chi connectivity index (χ3n) is 5.07. The largest absolute Gasteiger partial charge is 0.356 e. The summed E-state index contributed by atoms with van der Waals surface area (Å²) in [5.74, 6) is 1.25. The van der Waals surface area contributed by atoms with Gasteiger partial charge >= 0.3 is 0 Å². The number of aromatic nitrogens is 1. The molecular weight excluding hydrogens is 364 g/mol. The number of thioether (sulfide) groups is 1. The highest BCUT2D eigenvalue weighted by molar-refractivity contribution is 7.99. The van der Waals surface area contributed by atoms with Gasteiger partial charge in [0.2, 0.25) is 5.91 Å². The highest BCUT2D eigenvalue weighted by Crippen LogP contribution is 2.16. The number of pyridine rings is 1. The summed E-state index contributed by atoms with van der Waals surface area (Å²) in [5.41, 5.74) is 0. The average Bonchev–Trinajstić information content (AvgIpc) is 2.72. The quantitative estimate of drug-likeness (QED) is 0.196. The lowest BCUT2D eigenvalue weighted by Gasteiger charge is -2.06. The first-order valence-corrected chi connectivity index (χ1v) is 12.6. The number of nitrogens with one attached hydrogen (secondary N) is 1.